The fraction of sp³-hybridized carbons (Fsp3) is 0.571. The molecule has 2 aliphatic carbocycles. The molecule has 0 aromatic heterocycles. The molecule has 2 aromatic rings. The number of alkyl halides is 2. The van der Waals surface area contributed by atoms with Crippen LogP contribution in [0.25, 0.3) is 0 Å². The first-order valence-corrected chi connectivity index (χ1v) is 12.9. The zero-order valence-corrected chi connectivity index (χ0v) is 20.6. The highest BCUT2D eigenvalue weighted by Crippen LogP contribution is 2.47. The van der Waals surface area contributed by atoms with Gasteiger partial charge in [-0.3, -0.25) is 0 Å². The lowest BCUT2D eigenvalue weighted by Gasteiger charge is -2.41. The molecule has 2 aromatic carbocycles. The van der Waals surface area contributed by atoms with Crippen molar-refractivity contribution in [1.29, 1.82) is 0 Å². The largest absolute Gasteiger partial charge is 0.432 e. The molecule has 0 spiro atoms. The van der Waals surface area contributed by atoms with Crippen molar-refractivity contribution in [2.45, 2.75) is 82.8 Å². The molecule has 9 heteroatoms. The molecule has 0 unspecified atom stereocenters. The van der Waals surface area contributed by atoms with Crippen LogP contribution in [0.3, 0.4) is 0 Å². The predicted molar refractivity (Wildman–Crippen MR) is 123 cm³/mol. The van der Waals surface area contributed by atoms with Gasteiger partial charge in [0.25, 0.3) is 0 Å². The lowest BCUT2D eigenvalue weighted by Crippen LogP contribution is -2.35. The van der Waals surface area contributed by atoms with Crippen molar-refractivity contribution >= 4 is 0 Å². The van der Waals surface area contributed by atoms with E-state index in [1.165, 1.54) is 25.7 Å². The highest BCUT2D eigenvalue weighted by Gasteiger charge is 2.44. The lowest BCUT2D eigenvalue weighted by molar-refractivity contribution is -0.189. The third kappa shape index (κ3) is 5.91. The first kappa shape index (κ1) is 27.7. The van der Waals surface area contributed by atoms with Gasteiger partial charge < -0.3 is 9.84 Å². The molecule has 2 nitrogen and oxygen atoms in total. The number of aliphatic hydroxyl groups is 1. The van der Waals surface area contributed by atoms with Crippen molar-refractivity contribution in [3.05, 3.63) is 64.5 Å². The Hall–Kier alpha value is -2.29. The Kier molecular flexibility index (Phi) is 8.12. The standard InChI is InChI=1S/C28H31F7O2/c1-2-3-16-4-6-17(7-5-16)18-8-10-27(36,11-9-18)19-12-21(29)25(22(30)13-19)28(34,35)37-20-14-23(31)26(33)24(32)15-20/h12-18,36H,2-11H2,1H3. The molecule has 0 saturated heterocycles. The lowest BCUT2D eigenvalue weighted by atomic mass is 9.66. The smallest absolute Gasteiger partial charge is 0.429 e. The minimum Gasteiger partial charge on any atom is -0.429 e. The van der Waals surface area contributed by atoms with Gasteiger partial charge in [0.1, 0.15) is 22.9 Å². The van der Waals surface area contributed by atoms with Crippen LogP contribution >= 0.6 is 0 Å². The minimum atomic E-state index is -4.67. The summed E-state index contributed by atoms with van der Waals surface area (Å²) < 4.78 is 103. The molecule has 204 valence electrons. The van der Waals surface area contributed by atoms with Crippen LogP contribution in [0.4, 0.5) is 30.7 Å². The fourth-order valence-corrected chi connectivity index (χ4v) is 6.14. The third-order valence-corrected chi connectivity index (χ3v) is 8.19. The fourth-order valence-electron chi connectivity index (χ4n) is 6.14. The SMILES string of the molecule is CCCC1CCC(C2CCC(O)(c3cc(F)c(C(F)(F)Oc4cc(F)c(F)c(F)c4)c(F)c3)CC2)CC1. The molecule has 0 amide bonds. The van der Waals surface area contributed by atoms with Gasteiger partial charge in [0.05, 0.1) is 5.60 Å². The van der Waals surface area contributed by atoms with E-state index in [2.05, 4.69) is 11.7 Å². The van der Waals surface area contributed by atoms with Crippen LogP contribution in [-0.2, 0) is 11.7 Å². The van der Waals surface area contributed by atoms with Gasteiger partial charge in [0, 0.05) is 12.1 Å². The first-order chi connectivity index (χ1) is 17.4. The summed E-state index contributed by atoms with van der Waals surface area (Å²) in [4.78, 5) is 0. The second kappa shape index (κ2) is 10.8. The molecule has 2 saturated carbocycles. The van der Waals surface area contributed by atoms with E-state index in [-0.39, 0.29) is 30.5 Å². The number of hydrogen-bond donors (Lipinski definition) is 1. The highest BCUT2D eigenvalue weighted by atomic mass is 19.3. The Morgan fingerprint density at radius 2 is 1.32 bits per heavy atom. The number of hydrogen-bond acceptors (Lipinski definition) is 2. The topological polar surface area (TPSA) is 29.5 Å². The maximum absolute atomic E-state index is 14.8. The predicted octanol–water partition coefficient (Wildman–Crippen LogP) is 8.49. The summed E-state index contributed by atoms with van der Waals surface area (Å²) in [6.45, 7) is 2.19. The highest BCUT2D eigenvalue weighted by molar-refractivity contribution is 5.34. The Bertz CT molecular complexity index is 1060. The van der Waals surface area contributed by atoms with Crippen LogP contribution in [0, 0.1) is 46.8 Å². The molecule has 0 aliphatic heterocycles. The van der Waals surface area contributed by atoms with Crippen LogP contribution in [0.5, 0.6) is 5.75 Å². The third-order valence-electron chi connectivity index (χ3n) is 8.19. The van der Waals surface area contributed by atoms with Gasteiger partial charge in [-0.1, -0.05) is 32.6 Å². The van der Waals surface area contributed by atoms with E-state index < -0.39 is 52.1 Å². The van der Waals surface area contributed by atoms with Crippen LogP contribution < -0.4 is 4.74 Å². The molecule has 2 aliphatic rings. The average Bonchev–Trinajstić information content (AvgIpc) is 2.83. The normalized spacial score (nSPS) is 26.8. The van der Waals surface area contributed by atoms with Gasteiger partial charge in [-0.05, 0) is 74.0 Å². The summed E-state index contributed by atoms with van der Waals surface area (Å²) >= 11 is 0. The van der Waals surface area contributed by atoms with Gasteiger partial charge in [-0.25, -0.2) is 22.0 Å². The summed E-state index contributed by atoms with van der Waals surface area (Å²) in [5, 5.41) is 11.2. The van der Waals surface area contributed by atoms with Crippen molar-refractivity contribution in [2.24, 2.45) is 17.8 Å². The zero-order valence-electron chi connectivity index (χ0n) is 20.6. The van der Waals surface area contributed by atoms with Gasteiger partial charge in [-0.15, -0.1) is 0 Å². The first-order valence-electron chi connectivity index (χ1n) is 12.9. The van der Waals surface area contributed by atoms with Gasteiger partial charge in [0.15, 0.2) is 17.5 Å². The van der Waals surface area contributed by atoms with Crippen molar-refractivity contribution in [3.8, 4) is 5.75 Å². The van der Waals surface area contributed by atoms with E-state index in [9.17, 15) is 35.8 Å². The number of halogens is 7. The molecule has 0 atom stereocenters. The second-order valence-electron chi connectivity index (χ2n) is 10.6. The monoisotopic (exact) mass is 532 g/mol. The number of benzene rings is 2. The summed E-state index contributed by atoms with van der Waals surface area (Å²) in [7, 11) is 0. The maximum atomic E-state index is 14.8. The zero-order chi connectivity index (χ0) is 27.0. The molecule has 1 N–H and O–H groups in total. The van der Waals surface area contributed by atoms with Crippen molar-refractivity contribution in [3.63, 3.8) is 0 Å². The van der Waals surface area contributed by atoms with Gasteiger partial charge >= 0.3 is 6.11 Å². The van der Waals surface area contributed by atoms with Crippen molar-refractivity contribution in [2.75, 3.05) is 0 Å². The second-order valence-corrected chi connectivity index (χ2v) is 10.6. The Balaban J connectivity index is 1.46. The van der Waals surface area contributed by atoms with E-state index in [1.807, 2.05) is 0 Å². The summed E-state index contributed by atoms with van der Waals surface area (Å²) in [5.41, 5.74) is -3.48. The Morgan fingerprint density at radius 3 is 1.84 bits per heavy atom. The van der Waals surface area contributed by atoms with Crippen LogP contribution in [0.2, 0.25) is 0 Å². The van der Waals surface area contributed by atoms with E-state index in [0.29, 0.717) is 36.8 Å². The summed E-state index contributed by atoms with van der Waals surface area (Å²) in [6, 6.07) is 1.59. The van der Waals surface area contributed by atoms with Crippen LogP contribution in [0.1, 0.15) is 82.3 Å². The van der Waals surface area contributed by atoms with Crippen molar-refractivity contribution < 1.29 is 40.6 Å². The van der Waals surface area contributed by atoms with E-state index in [4.69, 9.17) is 0 Å². The number of ether oxygens (including phenoxy) is 1. The van der Waals surface area contributed by atoms with Crippen LogP contribution in [-0.4, -0.2) is 5.11 Å². The van der Waals surface area contributed by atoms with Gasteiger partial charge in [0.2, 0.25) is 0 Å². The van der Waals surface area contributed by atoms with Crippen molar-refractivity contribution in [1.82, 2.24) is 0 Å². The average molecular weight is 533 g/mol. The molecule has 2 fully saturated rings. The van der Waals surface area contributed by atoms with E-state index >= 15 is 0 Å². The molecule has 4 rings (SSSR count). The van der Waals surface area contributed by atoms with Crippen LogP contribution in [0.15, 0.2) is 24.3 Å². The Morgan fingerprint density at radius 1 is 0.811 bits per heavy atom. The van der Waals surface area contributed by atoms with E-state index in [0.717, 1.165) is 18.8 Å². The molecular formula is C28H31F7O2. The molecular weight excluding hydrogens is 501 g/mol. The quantitative estimate of drug-likeness (QED) is 0.286. The minimum absolute atomic E-state index is 0.147. The van der Waals surface area contributed by atoms with Gasteiger partial charge in [-0.2, -0.15) is 8.78 Å². The summed E-state index contributed by atoms with van der Waals surface area (Å²) in [6.07, 6.45) is 4.29. The molecule has 0 heterocycles. The number of rotatable bonds is 7. The van der Waals surface area contributed by atoms with E-state index in [1.54, 1.807) is 0 Å². The molecule has 37 heavy (non-hydrogen) atoms. The Labute approximate surface area is 211 Å². The molecule has 0 bridgehead atoms. The summed E-state index contributed by atoms with van der Waals surface area (Å²) in [5.74, 6) is -8.25. The molecule has 0 radical (unpaired) electrons. The maximum Gasteiger partial charge on any atom is 0.432 e.